The molecule has 30 heavy (non-hydrogen) atoms. The highest BCUT2D eigenvalue weighted by atomic mass is 79.9. The molecule has 0 amide bonds. The fraction of sp³-hybridized carbons (Fsp3) is 0.583. The van der Waals surface area contributed by atoms with Crippen molar-refractivity contribution in [1.82, 2.24) is 9.13 Å². The molecule has 4 nitrogen and oxygen atoms in total. The molecule has 0 unspecified atom stereocenters. The largest absolute Gasteiger partial charge is 0.333 e. The standard InChI is InChI=1S/C24H38N4.2BrH/c1-21-15-13-19-27(23(21)25)17-11-9-7-5-3-4-6-8-10-12-18-28-20-14-16-22(2)24(28)26;;/h13-16,19-20,25-26H,3-12,17-18H2,1-2H3;2*1H. The number of nitrogens with one attached hydrogen (secondary N) is 2. The normalized spacial score (nSPS) is 10.3. The Morgan fingerprint density at radius 1 is 0.567 bits per heavy atom. The molecule has 2 aromatic rings. The topological polar surface area (TPSA) is 57.6 Å². The van der Waals surface area contributed by atoms with E-state index in [0.29, 0.717) is 11.0 Å². The molecule has 0 bridgehead atoms. The SMILES string of the molecule is Br.Br.Cc1cccn(CCCCCCCCCCCCn2cccc(C)c2=N)c1=N. The Bertz CT molecular complexity index is 757. The van der Waals surface area contributed by atoms with Crippen LogP contribution in [0.4, 0.5) is 0 Å². The molecule has 0 radical (unpaired) electrons. The lowest BCUT2D eigenvalue weighted by atomic mass is 10.1. The highest BCUT2D eigenvalue weighted by molar-refractivity contribution is 8.93. The zero-order valence-corrected chi connectivity index (χ0v) is 22.1. The number of hydrogen-bond acceptors (Lipinski definition) is 2. The second-order valence-corrected chi connectivity index (χ2v) is 8.00. The molecule has 0 aliphatic rings. The Balaban J connectivity index is 0.00000420. The Labute approximate surface area is 203 Å². The minimum Gasteiger partial charge on any atom is -0.333 e. The average molecular weight is 544 g/mol. The lowest BCUT2D eigenvalue weighted by Crippen LogP contribution is -2.21. The van der Waals surface area contributed by atoms with Crippen molar-refractivity contribution in [3.05, 3.63) is 58.8 Å². The zero-order valence-electron chi connectivity index (χ0n) is 18.7. The third-order valence-electron chi connectivity index (χ3n) is 5.59. The van der Waals surface area contributed by atoms with Gasteiger partial charge in [-0.3, -0.25) is 10.8 Å². The molecule has 0 aliphatic heterocycles. The molecule has 0 fully saturated rings. The third-order valence-corrected chi connectivity index (χ3v) is 5.59. The van der Waals surface area contributed by atoms with Crippen LogP contribution in [0.25, 0.3) is 0 Å². The molecule has 0 atom stereocenters. The van der Waals surface area contributed by atoms with Gasteiger partial charge in [0.25, 0.3) is 0 Å². The monoisotopic (exact) mass is 542 g/mol. The van der Waals surface area contributed by atoms with Crippen LogP contribution in [0.2, 0.25) is 0 Å². The molecule has 170 valence electrons. The minimum absolute atomic E-state index is 0. The van der Waals surface area contributed by atoms with Crippen LogP contribution in [-0.4, -0.2) is 9.13 Å². The first-order chi connectivity index (χ1) is 13.6. The van der Waals surface area contributed by atoms with Crippen LogP contribution in [0.3, 0.4) is 0 Å². The first-order valence-corrected chi connectivity index (χ1v) is 11.0. The van der Waals surface area contributed by atoms with Crippen LogP contribution < -0.4 is 11.0 Å². The maximum atomic E-state index is 8.06. The van der Waals surface area contributed by atoms with Crippen molar-refractivity contribution < 1.29 is 0 Å². The van der Waals surface area contributed by atoms with Gasteiger partial charge in [0.2, 0.25) is 0 Å². The van der Waals surface area contributed by atoms with E-state index in [1.165, 1.54) is 64.2 Å². The maximum absolute atomic E-state index is 8.06. The van der Waals surface area contributed by atoms with E-state index in [9.17, 15) is 0 Å². The molecule has 6 heteroatoms. The Kier molecular flexibility index (Phi) is 15.9. The van der Waals surface area contributed by atoms with Gasteiger partial charge in [-0.1, -0.05) is 63.5 Å². The molecule has 2 N–H and O–H groups in total. The van der Waals surface area contributed by atoms with E-state index < -0.39 is 0 Å². The second-order valence-electron chi connectivity index (χ2n) is 8.00. The summed E-state index contributed by atoms with van der Waals surface area (Å²) in [6.45, 7) is 5.96. The van der Waals surface area contributed by atoms with E-state index in [4.69, 9.17) is 10.8 Å². The summed E-state index contributed by atoms with van der Waals surface area (Å²) < 4.78 is 4.13. The first kappa shape index (κ1) is 28.9. The van der Waals surface area contributed by atoms with Crippen LogP contribution in [-0.2, 0) is 13.1 Å². The van der Waals surface area contributed by atoms with Crippen LogP contribution in [0.5, 0.6) is 0 Å². The molecule has 2 heterocycles. The highest BCUT2D eigenvalue weighted by Crippen LogP contribution is 2.11. The Morgan fingerprint density at radius 3 is 1.20 bits per heavy atom. The van der Waals surface area contributed by atoms with E-state index in [0.717, 1.165) is 24.2 Å². The lowest BCUT2D eigenvalue weighted by Gasteiger charge is -2.08. The van der Waals surface area contributed by atoms with Gasteiger partial charge in [0, 0.05) is 25.5 Å². The quantitative estimate of drug-likeness (QED) is 0.267. The van der Waals surface area contributed by atoms with Gasteiger partial charge in [0.1, 0.15) is 11.0 Å². The van der Waals surface area contributed by atoms with Gasteiger partial charge in [-0.15, -0.1) is 34.0 Å². The summed E-state index contributed by atoms with van der Waals surface area (Å²) in [5.41, 5.74) is 3.42. The van der Waals surface area contributed by atoms with Gasteiger partial charge in [0.05, 0.1) is 0 Å². The molecule has 2 rings (SSSR count). The molecule has 0 aliphatic carbocycles. The van der Waals surface area contributed by atoms with Gasteiger partial charge < -0.3 is 9.13 Å². The molecule has 0 aromatic carbocycles. The van der Waals surface area contributed by atoms with E-state index in [1.807, 2.05) is 50.5 Å². The van der Waals surface area contributed by atoms with Crippen molar-refractivity contribution in [2.75, 3.05) is 0 Å². The van der Waals surface area contributed by atoms with Gasteiger partial charge in [-0.25, -0.2) is 0 Å². The van der Waals surface area contributed by atoms with Crippen molar-refractivity contribution in [2.24, 2.45) is 0 Å². The van der Waals surface area contributed by atoms with Gasteiger partial charge in [-0.2, -0.15) is 0 Å². The molecule has 0 saturated carbocycles. The van der Waals surface area contributed by atoms with Crippen molar-refractivity contribution >= 4 is 34.0 Å². The highest BCUT2D eigenvalue weighted by Gasteiger charge is 1.98. The summed E-state index contributed by atoms with van der Waals surface area (Å²) in [4.78, 5) is 0. The molecule has 2 aromatic heterocycles. The molecule has 0 spiro atoms. The van der Waals surface area contributed by atoms with Crippen molar-refractivity contribution in [1.29, 1.82) is 10.8 Å². The number of aryl methyl sites for hydroxylation is 4. The summed E-state index contributed by atoms with van der Waals surface area (Å²) in [6.07, 6.45) is 17.0. The fourth-order valence-electron chi connectivity index (χ4n) is 3.69. The van der Waals surface area contributed by atoms with E-state index in [-0.39, 0.29) is 34.0 Å². The number of halogens is 2. The van der Waals surface area contributed by atoms with E-state index >= 15 is 0 Å². The number of rotatable bonds is 13. The smallest absolute Gasteiger partial charge is 0.127 e. The fourth-order valence-corrected chi connectivity index (χ4v) is 3.69. The van der Waals surface area contributed by atoms with Gasteiger partial charge in [-0.05, 0) is 49.9 Å². The summed E-state index contributed by atoms with van der Waals surface area (Å²) in [6, 6.07) is 8.09. The number of nitrogens with zero attached hydrogens (tertiary/aromatic N) is 2. The number of pyridine rings is 2. The Hall–Kier alpha value is -1.14. The average Bonchev–Trinajstić information content (AvgIpc) is 2.69. The number of aromatic nitrogens is 2. The van der Waals surface area contributed by atoms with E-state index in [2.05, 4.69) is 9.13 Å². The zero-order chi connectivity index (χ0) is 20.2. The predicted molar refractivity (Wildman–Crippen MR) is 137 cm³/mol. The summed E-state index contributed by atoms with van der Waals surface area (Å²) in [7, 11) is 0. The summed E-state index contributed by atoms with van der Waals surface area (Å²) in [5.74, 6) is 0. The van der Waals surface area contributed by atoms with Crippen molar-refractivity contribution in [3.63, 3.8) is 0 Å². The third kappa shape index (κ3) is 10.3. The number of hydrogen-bond donors (Lipinski definition) is 2. The predicted octanol–water partition coefficient (Wildman–Crippen LogP) is 6.62. The molecule has 0 saturated heterocycles. The van der Waals surface area contributed by atoms with Crippen molar-refractivity contribution in [2.45, 2.75) is 91.1 Å². The summed E-state index contributed by atoms with van der Waals surface area (Å²) in [5, 5.41) is 16.1. The maximum Gasteiger partial charge on any atom is 0.127 e. The summed E-state index contributed by atoms with van der Waals surface area (Å²) >= 11 is 0. The Morgan fingerprint density at radius 2 is 0.867 bits per heavy atom. The second kappa shape index (κ2) is 16.5. The number of unbranched alkanes of at least 4 members (excludes halogenated alkanes) is 9. The van der Waals surface area contributed by atoms with Crippen LogP contribution in [0, 0.1) is 24.7 Å². The lowest BCUT2D eigenvalue weighted by molar-refractivity contribution is 0.513. The van der Waals surface area contributed by atoms with Crippen LogP contribution >= 0.6 is 34.0 Å². The van der Waals surface area contributed by atoms with Crippen LogP contribution in [0.1, 0.15) is 75.3 Å². The van der Waals surface area contributed by atoms with E-state index in [1.54, 1.807) is 0 Å². The van der Waals surface area contributed by atoms with Crippen molar-refractivity contribution in [3.8, 4) is 0 Å². The van der Waals surface area contributed by atoms with Crippen LogP contribution in [0.15, 0.2) is 36.7 Å². The minimum atomic E-state index is 0. The molecular weight excluding hydrogens is 504 g/mol. The molecular formula is C24H40Br2N4. The first-order valence-electron chi connectivity index (χ1n) is 11.0. The van der Waals surface area contributed by atoms with Gasteiger partial charge >= 0.3 is 0 Å². The van der Waals surface area contributed by atoms with Gasteiger partial charge in [0.15, 0.2) is 0 Å².